The van der Waals surface area contributed by atoms with Crippen LogP contribution >= 0.6 is 27.2 Å². The van der Waals surface area contributed by atoms with Gasteiger partial charge in [-0.15, -0.1) is 0 Å². The lowest BCUT2D eigenvalue weighted by atomic mass is 10.1. The van der Waals surface area contributed by atoms with Crippen LogP contribution in [-0.2, 0) is 45.3 Å². The molecule has 21 heteroatoms. The van der Waals surface area contributed by atoms with Gasteiger partial charge in [-0.3, -0.25) is 13.9 Å². The highest BCUT2D eigenvalue weighted by molar-refractivity contribution is 7.63. The molecule has 0 bridgehead atoms. The van der Waals surface area contributed by atoms with Gasteiger partial charge in [-0.05, 0) is 60.6 Å². The Labute approximate surface area is 328 Å². The quantitative estimate of drug-likeness (QED) is 0.0482. The van der Waals surface area contributed by atoms with Crippen molar-refractivity contribution in [1.82, 2.24) is 29.5 Å². The van der Waals surface area contributed by atoms with Crippen molar-refractivity contribution in [2.24, 2.45) is 5.92 Å². The number of imidazole rings is 1. The van der Waals surface area contributed by atoms with Crippen LogP contribution < -0.4 is 15.3 Å². The molecule has 3 heterocycles. The second-order valence-electron chi connectivity index (χ2n) is 13.4. The third-order valence-electron chi connectivity index (χ3n) is 8.91. The van der Waals surface area contributed by atoms with Crippen molar-refractivity contribution in [3.8, 4) is 5.75 Å². The highest BCUT2D eigenvalue weighted by atomic mass is 35.5. The van der Waals surface area contributed by atoms with Crippen LogP contribution in [0.25, 0.3) is 11.2 Å². The second kappa shape index (κ2) is 19.3. The summed E-state index contributed by atoms with van der Waals surface area (Å²) in [5.74, 6) is -0.983. The number of alkyl halides is 1. The Morgan fingerprint density at radius 1 is 1.12 bits per heavy atom. The third-order valence-corrected chi connectivity index (χ3v) is 12.3. The molecule has 1 saturated heterocycles. The first kappa shape index (κ1) is 43.6. The molecule has 0 aliphatic carbocycles. The molecule has 4 unspecified atom stereocenters. The lowest BCUT2D eigenvalue weighted by molar-refractivity contribution is -0.147. The number of hydrogen-bond acceptors (Lipinski definition) is 14. The molecule has 1 aliphatic heterocycles. The van der Waals surface area contributed by atoms with Crippen molar-refractivity contribution in [2.45, 2.75) is 77.8 Å². The minimum Gasteiger partial charge on any atom is -0.460 e. The van der Waals surface area contributed by atoms with Gasteiger partial charge in [0, 0.05) is 6.54 Å². The average Bonchev–Trinajstić information content (AvgIpc) is 3.69. The first-order valence-electron chi connectivity index (χ1n) is 18.0. The van der Waals surface area contributed by atoms with Crippen molar-refractivity contribution < 1.29 is 51.1 Å². The smallest absolute Gasteiger partial charge is 0.460 e. The SMILES string of the molecule is CCN(CC)CCc1ccccc1OP(=O)(N[C@@H](CC(C)C)C(=O)OCc1ccccc1)OP(=O)(O)OC[C@H]1O[C@@H](n2cnc3c(N)nc(Cl)nc32)C(F)C1O. The number of fused-ring (bicyclic) bond motifs is 1. The molecule has 2 aromatic heterocycles. The van der Waals surface area contributed by atoms with Gasteiger partial charge >= 0.3 is 21.5 Å². The van der Waals surface area contributed by atoms with Gasteiger partial charge in [-0.25, -0.2) is 18.5 Å². The standard InChI is InChI=1S/C35H47ClFN7O10P2/c1-5-43(6-2)17-16-24-14-10-11-15-26(24)53-55(47,42-25(18-22(3)4)34(46)50-19-23-12-8-7-9-13-23)54-56(48,49)51-20-27-30(45)28(37)33(52-27)44-21-39-29-31(38)40-35(36)41-32(29)44/h7-15,21-22,25,27-28,30,33,45H,5-6,16-20H2,1-4H3,(H,42,47)(H,48,49)(H2,38,40,41)/t25-,27+,28?,30?,33+,55?/m0/s1. The van der Waals surface area contributed by atoms with Crippen LogP contribution in [0.2, 0.25) is 5.28 Å². The fourth-order valence-electron chi connectivity index (χ4n) is 6.00. The van der Waals surface area contributed by atoms with Crippen LogP contribution in [0.5, 0.6) is 5.75 Å². The van der Waals surface area contributed by atoms with E-state index in [1.54, 1.807) is 42.5 Å². The molecule has 7 atom stereocenters. The number of ether oxygens (including phenoxy) is 2. The van der Waals surface area contributed by atoms with E-state index in [1.165, 1.54) is 6.07 Å². The van der Waals surface area contributed by atoms with E-state index in [-0.39, 0.29) is 47.0 Å². The summed E-state index contributed by atoms with van der Waals surface area (Å²) < 4.78 is 72.5. The van der Waals surface area contributed by atoms with E-state index in [2.05, 4.69) is 24.9 Å². The van der Waals surface area contributed by atoms with Crippen molar-refractivity contribution in [1.29, 1.82) is 0 Å². The number of carbonyl (C=O) groups is 1. The summed E-state index contributed by atoms with van der Waals surface area (Å²) in [6.07, 6.45) is -5.36. The Bertz CT molecular complexity index is 2030. The lowest BCUT2D eigenvalue weighted by Gasteiger charge is -2.27. The number of benzene rings is 2. The van der Waals surface area contributed by atoms with Gasteiger partial charge in [-0.2, -0.15) is 19.4 Å². The maximum Gasteiger partial charge on any atom is 0.481 e. The number of aliphatic hydroxyl groups is 1. The summed E-state index contributed by atoms with van der Waals surface area (Å²) in [5.41, 5.74) is 7.28. The highest BCUT2D eigenvalue weighted by Gasteiger charge is 2.48. The molecule has 5 rings (SSSR count). The molecule has 0 amide bonds. The zero-order valence-corrected chi connectivity index (χ0v) is 33.9. The minimum absolute atomic E-state index is 0.0138. The van der Waals surface area contributed by atoms with E-state index in [1.807, 2.05) is 33.8 Å². The van der Waals surface area contributed by atoms with E-state index < -0.39 is 58.8 Å². The molecule has 0 radical (unpaired) electrons. The number of aromatic nitrogens is 4. The molecule has 17 nitrogen and oxygen atoms in total. The van der Waals surface area contributed by atoms with Crippen LogP contribution in [0.3, 0.4) is 0 Å². The van der Waals surface area contributed by atoms with Gasteiger partial charge in [-0.1, -0.05) is 76.2 Å². The highest BCUT2D eigenvalue weighted by Crippen LogP contribution is 2.61. The Hall–Kier alpha value is -3.54. The first-order valence-corrected chi connectivity index (χ1v) is 21.4. The predicted octanol–water partition coefficient (Wildman–Crippen LogP) is 5.61. The van der Waals surface area contributed by atoms with Crippen molar-refractivity contribution in [3.05, 3.63) is 77.3 Å². The zero-order valence-electron chi connectivity index (χ0n) is 31.3. The number of esters is 1. The number of anilines is 1. The number of carbonyl (C=O) groups excluding carboxylic acids is 1. The number of nitrogen functional groups attached to an aromatic ring is 1. The first-order chi connectivity index (χ1) is 26.6. The summed E-state index contributed by atoms with van der Waals surface area (Å²) >= 11 is 5.93. The third kappa shape index (κ3) is 11.3. The van der Waals surface area contributed by atoms with Crippen LogP contribution in [0.4, 0.5) is 10.2 Å². The Morgan fingerprint density at radius 3 is 2.52 bits per heavy atom. The molecule has 0 spiro atoms. The number of nitrogens with one attached hydrogen (secondary N) is 1. The van der Waals surface area contributed by atoms with Gasteiger partial charge in [0.15, 0.2) is 23.9 Å². The van der Waals surface area contributed by atoms with Crippen LogP contribution in [-0.4, -0.2) is 91.1 Å². The number of aliphatic hydroxyl groups excluding tert-OH is 1. The maximum absolute atomic E-state index is 15.5. The van der Waals surface area contributed by atoms with Gasteiger partial charge in [0.2, 0.25) is 5.28 Å². The molecular weight excluding hydrogens is 795 g/mol. The molecule has 1 aliphatic rings. The number of likely N-dealkylation sites (N-methyl/N-ethyl adjacent to an activating group) is 1. The van der Waals surface area contributed by atoms with E-state index in [9.17, 15) is 23.9 Å². The van der Waals surface area contributed by atoms with Gasteiger partial charge < -0.3 is 34.6 Å². The Balaban J connectivity index is 1.37. The van der Waals surface area contributed by atoms with E-state index in [4.69, 9.17) is 40.2 Å². The summed E-state index contributed by atoms with van der Waals surface area (Å²) in [5, 5.41) is 13.0. The van der Waals surface area contributed by atoms with Crippen molar-refractivity contribution >= 4 is 50.1 Å². The Morgan fingerprint density at radius 2 is 1.82 bits per heavy atom. The molecule has 306 valence electrons. The summed E-state index contributed by atoms with van der Waals surface area (Å²) in [6.45, 7) is 8.86. The number of phosphoric ester groups is 1. The largest absolute Gasteiger partial charge is 0.481 e. The molecule has 56 heavy (non-hydrogen) atoms. The van der Waals surface area contributed by atoms with Crippen molar-refractivity contribution in [2.75, 3.05) is 32.0 Å². The van der Waals surface area contributed by atoms with Gasteiger partial charge in [0.25, 0.3) is 0 Å². The number of phosphoric acid groups is 1. The number of halogens is 2. The number of para-hydroxylation sites is 1. The fourth-order valence-corrected chi connectivity index (χ4v) is 9.18. The van der Waals surface area contributed by atoms with Gasteiger partial charge in [0.05, 0.1) is 12.9 Å². The van der Waals surface area contributed by atoms with Gasteiger partial charge in [0.1, 0.15) is 36.1 Å². The molecule has 5 N–H and O–H groups in total. The number of hydrogen-bond donors (Lipinski definition) is 4. The lowest BCUT2D eigenvalue weighted by Crippen LogP contribution is -2.38. The number of rotatable bonds is 20. The summed E-state index contributed by atoms with van der Waals surface area (Å²) in [7, 11) is -10.4. The monoisotopic (exact) mass is 841 g/mol. The maximum atomic E-state index is 15.5. The molecular formula is C35H47ClFN7O10P2. The summed E-state index contributed by atoms with van der Waals surface area (Å²) in [4.78, 5) is 38.5. The fraction of sp³-hybridized carbons (Fsp3) is 0.486. The summed E-state index contributed by atoms with van der Waals surface area (Å²) in [6, 6.07) is 14.2. The van der Waals surface area contributed by atoms with Crippen LogP contribution in [0.1, 0.15) is 51.5 Å². The van der Waals surface area contributed by atoms with Crippen molar-refractivity contribution in [3.63, 3.8) is 0 Å². The zero-order chi connectivity index (χ0) is 40.6. The van der Waals surface area contributed by atoms with E-state index in [0.29, 0.717) is 24.1 Å². The topological polar surface area (TPSA) is 223 Å². The molecule has 1 fully saturated rings. The normalized spacial score (nSPS) is 21.2. The average molecular weight is 842 g/mol. The van der Waals surface area contributed by atoms with E-state index >= 15 is 4.39 Å². The second-order valence-corrected chi connectivity index (χ2v) is 17.0. The minimum atomic E-state index is -5.42. The number of nitrogens with two attached hydrogens (primary N) is 1. The Kier molecular flexibility index (Phi) is 15.0. The molecule has 2 aromatic carbocycles. The van der Waals surface area contributed by atoms with E-state index in [0.717, 1.165) is 24.0 Å². The predicted molar refractivity (Wildman–Crippen MR) is 205 cm³/mol. The molecule has 0 saturated carbocycles. The number of nitrogens with zero attached hydrogens (tertiary/aromatic N) is 5. The van der Waals surface area contributed by atoms with Crippen LogP contribution in [0.15, 0.2) is 60.9 Å². The van der Waals surface area contributed by atoms with Crippen LogP contribution in [0, 0.1) is 5.92 Å². The molecule has 4 aromatic rings.